The molecule has 1 amide bonds. The molecule has 2 aromatic carbocycles. The lowest BCUT2D eigenvalue weighted by molar-refractivity contribution is -0.121. The number of hydrogen-bond donors (Lipinski definition) is 3. The van der Waals surface area contributed by atoms with Crippen LogP contribution in [-0.2, 0) is 11.2 Å². The monoisotopic (exact) mass is 350 g/mol. The summed E-state index contributed by atoms with van der Waals surface area (Å²) in [5.74, 6) is 0.507. The number of benzene rings is 2. The van der Waals surface area contributed by atoms with Crippen LogP contribution < -0.4 is 11.0 Å². The van der Waals surface area contributed by atoms with Crippen LogP contribution in [0, 0.1) is 6.92 Å². The highest BCUT2D eigenvalue weighted by atomic mass is 16.2. The molecule has 0 aliphatic carbocycles. The fourth-order valence-corrected chi connectivity index (χ4v) is 2.91. The van der Waals surface area contributed by atoms with E-state index in [4.69, 9.17) is 0 Å². The Morgan fingerprint density at radius 3 is 2.42 bits per heavy atom. The molecule has 3 aromatic rings. The minimum Gasteiger partial charge on any atom is -0.356 e. The SMILES string of the molecule is Cc1ccc([C@H](CC(=O)NCCc2n[nH]c(=O)[nH]2)c2ccccc2)cc1. The maximum absolute atomic E-state index is 12.5. The summed E-state index contributed by atoms with van der Waals surface area (Å²) >= 11 is 0. The lowest BCUT2D eigenvalue weighted by Gasteiger charge is -2.18. The predicted octanol–water partition coefficient (Wildman–Crippen LogP) is 2.29. The van der Waals surface area contributed by atoms with E-state index in [1.807, 2.05) is 37.3 Å². The molecule has 3 rings (SSSR count). The summed E-state index contributed by atoms with van der Waals surface area (Å²) in [4.78, 5) is 26.0. The van der Waals surface area contributed by atoms with Gasteiger partial charge in [-0.25, -0.2) is 9.89 Å². The number of nitrogens with zero attached hydrogens (tertiary/aromatic N) is 1. The van der Waals surface area contributed by atoms with E-state index in [2.05, 4.69) is 44.8 Å². The van der Waals surface area contributed by atoms with Crippen molar-refractivity contribution in [3.8, 4) is 0 Å². The molecule has 0 unspecified atom stereocenters. The fourth-order valence-electron chi connectivity index (χ4n) is 2.91. The molecule has 0 aliphatic heterocycles. The molecule has 0 radical (unpaired) electrons. The number of carbonyl (C=O) groups excluding carboxylic acids is 1. The zero-order valence-corrected chi connectivity index (χ0v) is 14.7. The van der Waals surface area contributed by atoms with Crippen LogP contribution in [0.25, 0.3) is 0 Å². The molecule has 134 valence electrons. The molecule has 0 aliphatic rings. The van der Waals surface area contributed by atoms with Crippen molar-refractivity contribution < 1.29 is 4.79 Å². The lowest BCUT2D eigenvalue weighted by atomic mass is 9.88. The Bertz CT molecular complexity index is 897. The normalized spacial score (nSPS) is 11.9. The summed E-state index contributed by atoms with van der Waals surface area (Å²) in [6, 6.07) is 18.3. The number of aryl methyl sites for hydroxylation is 1. The maximum atomic E-state index is 12.5. The number of nitrogens with one attached hydrogen (secondary N) is 3. The van der Waals surface area contributed by atoms with Gasteiger partial charge in [0.15, 0.2) is 0 Å². The predicted molar refractivity (Wildman–Crippen MR) is 100 cm³/mol. The number of carbonyl (C=O) groups is 1. The average Bonchev–Trinajstić information content (AvgIpc) is 3.06. The molecule has 6 nitrogen and oxygen atoms in total. The minimum atomic E-state index is -0.338. The van der Waals surface area contributed by atoms with Gasteiger partial charge in [-0.3, -0.25) is 9.78 Å². The number of rotatable bonds is 7. The van der Waals surface area contributed by atoms with Crippen LogP contribution in [-0.4, -0.2) is 27.6 Å². The smallest absolute Gasteiger partial charge is 0.340 e. The molecule has 3 N–H and O–H groups in total. The molecule has 6 heteroatoms. The Kier molecular flexibility index (Phi) is 5.63. The summed E-state index contributed by atoms with van der Waals surface area (Å²) in [5, 5.41) is 9.05. The zero-order valence-electron chi connectivity index (χ0n) is 14.7. The van der Waals surface area contributed by atoms with Gasteiger partial charge in [-0.15, -0.1) is 0 Å². The zero-order chi connectivity index (χ0) is 18.4. The molecule has 1 atom stereocenters. The van der Waals surface area contributed by atoms with Crippen LogP contribution in [0.15, 0.2) is 59.4 Å². The van der Waals surface area contributed by atoms with Crippen molar-refractivity contribution >= 4 is 5.91 Å². The topological polar surface area (TPSA) is 90.6 Å². The van der Waals surface area contributed by atoms with E-state index in [1.165, 1.54) is 5.56 Å². The van der Waals surface area contributed by atoms with Gasteiger partial charge in [-0.1, -0.05) is 60.2 Å². The molecule has 0 saturated heterocycles. The molecule has 0 saturated carbocycles. The highest BCUT2D eigenvalue weighted by Gasteiger charge is 2.18. The van der Waals surface area contributed by atoms with Crippen LogP contribution >= 0.6 is 0 Å². The van der Waals surface area contributed by atoms with Crippen LogP contribution in [0.3, 0.4) is 0 Å². The Morgan fingerprint density at radius 1 is 1.08 bits per heavy atom. The van der Waals surface area contributed by atoms with Gasteiger partial charge in [-0.2, -0.15) is 5.10 Å². The van der Waals surface area contributed by atoms with Gasteiger partial charge in [0.25, 0.3) is 0 Å². The number of amides is 1. The molecule has 26 heavy (non-hydrogen) atoms. The molecular weight excluding hydrogens is 328 g/mol. The van der Waals surface area contributed by atoms with Crippen molar-refractivity contribution in [3.05, 3.63) is 87.6 Å². The Balaban J connectivity index is 1.66. The third-order valence-corrected chi connectivity index (χ3v) is 4.31. The second kappa shape index (κ2) is 8.29. The Hall–Kier alpha value is -3.15. The maximum Gasteiger partial charge on any atom is 0.340 e. The first-order valence-corrected chi connectivity index (χ1v) is 8.63. The van der Waals surface area contributed by atoms with Crippen molar-refractivity contribution in [2.45, 2.75) is 25.7 Å². The standard InChI is InChI=1S/C20H22N4O2/c1-14-7-9-16(10-8-14)17(15-5-3-2-4-6-15)13-19(25)21-12-11-18-22-20(26)24-23-18/h2-10,17H,11-13H2,1H3,(H,21,25)(H2,22,23,24,26)/t17-/m1/s1. The van der Waals surface area contributed by atoms with E-state index in [-0.39, 0.29) is 17.5 Å². The number of aromatic amines is 2. The van der Waals surface area contributed by atoms with Crippen LogP contribution in [0.1, 0.15) is 34.9 Å². The van der Waals surface area contributed by atoms with Gasteiger partial charge in [0.05, 0.1) is 0 Å². The summed E-state index contributed by atoms with van der Waals surface area (Å²) in [7, 11) is 0. The molecule has 1 heterocycles. The van der Waals surface area contributed by atoms with Gasteiger partial charge < -0.3 is 5.32 Å². The molecule has 0 bridgehead atoms. The van der Waals surface area contributed by atoms with Crippen LogP contribution in [0.4, 0.5) is 0 Å². The highest BCUT2D eigenvalue weighted by molar-refractivity contribution is 5.77. The van der Waals surface area contributed by atoms with Gasteiger partial charge >= 0.3 is 5.69 Å². The third-order valence-electron chi connectivity index (χ3n) is 4.31. The summed E-state index contributed by atoms with van der Waals surface area (Å²) < 4.78 is 0. The van der Waals surface area contributed by atoms with Crippen molar-refractivity contribution in [2.75, 3.05) is 6.54 Å². The van der Waals surface area contributed by atoms with Gasteiger partial charge in [0, 0.05) is 25.3 Å². The average molecular weight is 350 g/mol. The first kappa shape index (κ1) is 17.7. The fraction of sp³-hybridized carbons (Fsp3) is 0.250. The summed E-state index contributed by atoms with van der Waals surface area (Å²) in [6.07, 6.45) is 0.842. The largest absolute Gasteiger partial charge is 0.356 e. The van der Waals surface area contributed by atoms with Gasteiger partial charge in [-0.05, 0) is 18.1 Å². The van der Waals surface area contributed by atoms with Gasteiger partial charge in [0.2, 0.25) is 5.91 Å². The van der Waals surface area contributed by atoms with E-state index in [9.17, 15) is 9.59 Å². The van der Waals surface area contributed by atoms with E-state index in [0.717, 1.165) is 11.1 Å². The first-order chi connectivity index (χ1) is 12.6. The molecule has 1 aromatic heterocycles. The first-order valence-electron chi connectivity index (χ1n) is 8.63. The van der Waals surface area contributed by atoms with E-state index < -0.39 is 0 Å². The van der Waals surface area contributed by atoms with Crippen molar-refractivity contribution in [3.63, 3.8) is 0 Å². The van der Waals surface area contributed by atoms with Gasteiger partial charge in [0.1, 0.15) is 5.82 Å². The van der Waals surface area contributed by atoms with Crippen molar-refractivity contribution in [2.24, 2.45) is 0 Å². The molecular formula is C20H22N4O2. The Labute approximate surface area is 151 Å². The summed E-state index contributed by atoms with van der Waals surface area (Å²) in [5.41, 5.74) is 3.09. The quantitative estimate of drug-likeness (QED) is 0.610. The number of hydrogen-bond acceptors (Lipinski definition) is 3. The van der Waals surface area contributed by atoms with Crippen LogP contribution in [0.5, 0.6) is 0 Å². The Morgan fingerprint density at radius 2 is 1.77 bits per heavy atom. The van der Waals surface area contributed by atoms with Crippen molar-refractivity contribution in [1.82, 2.24) is 20.5 Å². The second-order valence-electron chi connectivity index (χ2n) is 6.30. The molecule has 0 spiro atoms. The van der Waals surface area contributed by atoms with Crippen LogP contribution in [0.2, 0.25) is 0 Å². The second-order valence-corrected chi connectivity index (χ2v) is 6.30. The number of H-pyrrole nitrogens is 2. The molecule has 0 fully saturated rings. The summed E-state index contributed by atoms with van der Waals surface area (Å²) in [6.45, 7) is 2.47. The third kappa shape index (κ3) is 4.69. The van der Waals surface area contributed by atoms with E-state index in [0.29, 0.717) is 25.2 Å². The number of aromatic nitrogens is 3. The lowest BCUT2D eigenvalue weighted by Crippen LogP contribution is -2.27. The minimum absolute atomic E-state index is 0.00184. The highest BCUT2D eigenvalue weighted by Crippen LogP contribution is 2.28. The van der Waals surface area contributed by atoms with Crippen molar-refractivity contribution in [1.29, 1.82) is 0 Å². The van der Waals surface area contributed by atoms with E-state index in [1.54, 1.807) is 0 Å². The van der Waals surface area contributed by atoms with E-state index >= 15 is 0 Å².